The number of carbonyl (C=O) groups is 2. The van der Waals surface area contributed by atoms with Crippen LogP contribution in [0.1, 0.15) is 20.7 Å². The fourth-order valence-corrected chi connectivity index (χ4v) is 1.64. The molecule has 0 aromatic heterocycles. The zero-order valence-corrected chi connectivity index (χ0v) is 8.69. The molecule has 0 spiro atoms. The van der Waals surface area contributed by atoms with Gasteiger partial charge < -0.3 is 0 Å². The zero-order chi connectivity index (χ0) is 10.1. The molecule has 0 saturated heterocycles. The molecule has 0 atom stereocenters. The average Bonchev–Trinajstić information content (AvgIpc) is 2.45. The lowest BCUT2D eigenvalue weighted by Crippen LogP contribution is -2.23. The normalized spacial score (nSPS) is 15.4. The fraction of sp³-hybridized carbons (Fsp3) is 0. The molecule has 1 heterocycles. The van der Waals surface area contributed by atoms with E-state index in [0.29, 0.717) is 11.1 Å². The molecule has 0 aliphatic carbocycles. The standard InChI is InChI=1S/C10H6BrNO2/c11-5-6-12-9(13)7-3-1-2-4-8(7)10(12)14/h1-6H/b6-5+. The van der Waals surface area contributed by atoms with Crippen molar-refractivity contribution in [3.05, 3.63) is 46.6 Å². The highest BCUT2D eigenvalue weighted by molar-refractivity contribution is 9.11. The molecule has 4 heteroatoms. The summed E-state index contributed by atoms with van der Waals surface area (Å²) in [6.07, 6.45) is 1.41. The zero-order valence-electron chi connectivity index (χ0n) is 7.11. The van der Waals surface area contributed by atoms with E-state index in [9.17, 15) is 9.59 Å². The molecule has 3 nitrogen and oxygen atoms in total. The molecule has 2 rings (SSSR count). The van der Waals surface area contributed by atoms with E-state index < -0.39 is 0 Å². The van der Waals surface area contributed by atoms with Crippen molar-refractivity contribution in [1.82, 2.24) is 4.90 Å². The minimum atomic E-state index is -0.277. The van der Waals surface area contributed by atoms with Crippen molar-refractivity contribution in [3.63, 3.8) is 0 Å². The van der Waals surface area contributed by atoms with Gasteiger partial charge in [-0.1, -0.05) is 28.1 Å². The molecule has 1 aliphatic rings. The SMILES string of the molecule is O=C1c2ccccc2C(=O)N1/C=C/Br. The van der Waals surface area contributed by atoms with Crippen LogP contribution < -0.4 is 0 Å². The third-order valence-corrected chi connectivity index (χ3v) is 2.27. The third-order valence-electron chi connectivity index (χ3n) is 2.03. The average molecular weight is 252 g/mol. The number of hydrogen-bond donors (Lipinski definition) is 0. The maximum Gasteiger partial charge on any atom is 0.265 e. The molecule has 70 valence electrons. The summed E-state index contributed by atoms with van der Waals surface area (Å²) in [6.45, 7) is 0. The van der Waals surface area contributed by atoms with Gasteiger partial charge in [0.25, 0.3) is 11.8 Å². The van der Waals surface area contributed by atoms with Crippen LogP contribution in [-0.2, 0) is 0 Å². The van der Waals surface area contributed by atoms with Crippen LogP contribution in [0.25, 0.3) is 0 Å². The van der Waals surface area contributed by atoms with Crippen molar-refractivity contribution in [3.8, 4) is 0 Å². The largest absolute Gasteiger partial charge is 0.268 e. The van der Waals surface area contributed by atoms with E-state index in [4.69, 9.17) is 0 Å². The number of benzene rings is 1. The third kappa shape index (κ3) is 1.19. The number of rotatable bonds is 1. The second-order valence-electron chi connectivity index (χ2n) is 2.80. The lowest BCUT2D eigenvalue weighted by atomic mass is 10.1. The minimum Gasteiger partial charge on any atom is -0.268 e. The van der Waals surface area contributed by atoms with E-state index in [0.717, 1.165) is 4.90 Å². The van der Waals surface area contributed by atoms with Crippen LogP contribution in [0.3, 0.4) is 0 Å². The quantitative estimate of drug-likeness (QED) is 0.718. The van der Waals surface area contributed by atoms with Crippen molar-refractivity contribution in [1.29, 1.82) is 0 Å². The van der Waals surface area contributed by atoms with Gasteiger partial charge in [-0.05, 0) is 17.1 Å². The molecule has 0 fully saturated rings. The van der Waals surface area contributed by atoms with Crippen LogP contribution in [0, 0.1) is 0 Å². The summed E-state index contributed by atoms with van der Waals surface area (Å²) >= 11 is 3.03. The Kier molecular flexibility index (Phi) is 2.21. The van der Waals surface area contributed by atoms with Gasteiger partial charge in [-0.25, -0.2) is 4.90 Å². The van der Waals surface area contributed by atoms with Crippen molar-refractivity contribution in [2.24, 2.45) is 0 Å². The molecule has 0 saturated carbocycles. The number of imide groups is 1. The summed E-state index contributed by atoms with van der Waals surface area (Å²) in [5.41, 5.74) is 0.922. The maximum atomic E-state index is 11.6. The Morgan fingerprint density at radius 3 is 2.00 bits per heavy atom. The van der Waals surface area contributed by atoms with E-state index in [2.05, 4.69) is 15.9 Å². The number of fused-ring (bicyclic) bond motifs is 1. The van der Waals surface area contributed by atoms with E-state index in [-0.39, 0.29) is 11.8 Å². The van der Waals surface area contributed by atoms with Crippen molar-refractivity contribution >= 4 is 27.7 Å². The van der Waals surface area contributed by atoms with Crippen LogP contribution >= 0.6 is 15.9 Å². The lowest BCUT2D eigenvalue weighted by molar-refractivity contribution is 0.0722. The molecule has 0 bridgehead atoms. The molecule has 1 aliphatic heterocycles. The van der Waals surface area contributed by atoms with Crippen molar-refractivity contribution in [2.45, 2.75) is 0 Å². The number of halogens is 1. The first-order chi connectivity index (χ1) is 6.75. The molecule has 0 unspecified atom stereocenters. The van der Waals surface area contributed by atoms with E-state index >= 15 is 0 Å². The Morgan fingerprint density at radius 1 is 1.07 bits per heavy atom. The fourth-order valence-electron chi connectivity index (χ4n) is 1.40. The molecule has 0 N–H and O–H groups in total. The van der Waals surface area contributed by atoms with Gasteiger partial charge in [0.1, 0.15) is 0 Å². The van der Waals surface area contributed by atoms with Gasteiger partial charge in [-0.2, -0.15) is 0 Å². The first-order valence-corrected chi connectivity index (χ1v) is 4.91. The summed E-state index contributed by atoms with van der Waals surface area (Å²) in [5.74, 6) is -0.553. The Bertz CT molecular complexity index is 405. The van der Waals surface area contributed by atoms with Gasteiger partial charge in [0.2, 0.25) is 0 Å². The Morgan fingerprint density at radius 2 is 1.57 bits per heavy atom. The predicted octanol–water partition coefficient (Wildman–Crippen LogP) is 2.15. The van der Waals surface area contributed by atoms with E-state index in [1.165, 1.54) is 11.2 Å². The highest BCUT2D eigenvalue weighted by Crippen LogP contribution is 2.22. The number of amides is 2. The molecule has 1 aromatic rings. The minimum absolute atomic E-state index is 0.277. The highest BCUT2D eigenvalue weighted by atomic mass is 79.9. The van der Waals surface area contributed by atoms with Crippen LogP contribution in [-0.4, -0.2) is 16.7 Å². The van der Waals surface area contributed by atoms with Gasteiger partial charge in [-0.15, -0.1) is 0 Å². The van der Waals surface area contributed by atoms with Crippen molar-refractivity contribution < 1.29 is 9.59 Å². The molecule has 0 radical (unpaired) electrons. The van der Waals surface area contributed by atoms with E-state index in [1.807, 2.05) is 0 Å². The molecular formula is C10H6BrNO2. The Balaban J connectivity index is 2.53. The summed E-state index contributed by atoms with van der Waals surface area (Å²) in [4.78, 5) is 25.8. The topological polar surface area (TPSA) is 37.4 Å². The highest BCUT2D eigenvalue weighted by Gasteiger charge is 2.33. The van der Waals surface area contributed by atoms with Gasteiger partial charge in [-0.3, -0.25) is 9.59 Å². The second kappa shape index (κ2) is 3.38. The molecule has 2 amide bonds. The second-order valence-corrected chi connectivity index (χ2v) is 3.33. The monoisotopic (exact) mass is 251 g/mol. The van der Waals surface area contributed by atoms with Gasteiger partial charge in [0, 0.05) is 6.20 Å². The summed E-state index contributed by atoms with van der Waals surface area (Å²) in [6, 6.07) is 6.78. The predicted molar refractivity (Wildman–Crippen MR) is 55.0 cm³/mol. The summed E-state index contributed by atoms with van der Waals surface area (Å²) in [7, 11) is 0. The van der Waals surface area contributed by atoms with Crippen LogP contribution in [0.15, 0.2) is 35.5 Å². The summed E-state index contributed by atoms with van der Waals surface area (Å²) < 4.78 is 0. The van der Waals surface area contributed by atoms with Crippen LogP contribution in [0.2, 0.25) is 0 Å². The molecule has 1 aromatic carbocycles. The van der Waals surface area contributed by atoms with Gasteiger partial charge >= 0.3 is 0 Å². The lowest BCUT2D eigenvalue weighted by Gasteiger charge is -2.04. The molecular weight excluding hydrogens is 246 g/mol. The Labute approximate surface area is 89.1 Å². The van der Waals surface area contributed by atoms with Gasteiger partial charge in [0.05, 0.1) is 11.1 Å². The van der Waals surface area contributed by atoms with Crippen LogP contribution in [0.5, 0.6) is 0 Å². The summed E-state index contributed by atoms with van der Waals surface area (Å²) in [5, 5.41) is 0. The maximum absolute atomic E-state index is 11.6. The van der Waals surface area contributed by atoms with E-state index in [1.54, 1.807) is 24.3 Å². The number of nitrogens with zero attached hydrogens (tertiary/aromatic N) is 1. The van der Waals surface area contributed by atoms with Gasteiger partial charge in [0.15, 0.2) is 0 Å². The van der Waals surface area contributed by atoms with Crippen molar-refractivity contribution in [2.75, 3.05) is 0 Å². The van der Waals surface area contributed by atoms with Crippen LogP contribution in [0.4, 0.5) is 0 Å². The smallest absolute Gasteiger partial charge is 0.265 e. The Hall–Kier alpha value is -1.42. The number of carbonyl (C=O) groups excluding carboxylic acids is 2. The molecule has 14 heavy (non-hydrogen) atoms. The first kappa shape index (κ1) is 9.15. The number of hydrogen-bond acceptors (Lipinski definition) is 2. The first-order valence-electron chi connectivity index (χ1n) is 3.99.